The highest BCUT2D eigenvalue weighted by atomic mass is 32.1. The molecule has 0 saturated heterocycles. The summed E-state index contributed by atoms with van der Waals surface area (Å²) in [5.74, 6) is 0.496. The summed E-state index contributed by atoms with van der Waals surface area (Å²) in [6.07, 6.45) is 0.816. The molecule has 0 saturated carbocycles. The van der Waals surface area contributed by atoms with Gasteiger partial charge in [0.05, 0.1) is 17.9 Å². The van der Waals surface area contributed by atoms with E-state index < -0.39 is 0 Å². The first-order valence-electron chi connectivity index (χ1n) is 4.25. The molecule has 6 nitrogen and oxygen atoms in total. The maximum Gasteiger partial charge on any atom is 0.169 e. The highest BCUT2D eigenvalue weighted by Gasteiger charge is 2.08. The molecule has 0 atom stereocenters. The van der Waals surface area contributed by atoms with Gasteiger partial charge in [-0.2, -0.15) is 0 Å². The quantitative estimate of drug-likeness (QED) is 0.789. The standard InChI is InChI=1S/C7H10N6S/c1-2-6-7(8)10-11-13(6)3-5-4-14-12-9-5/h4H,2-3,8H2,1H3. The third kappa shape index (κ3) is 1.58. The Morgan fingerprint density at radius 2 is 2.36 bits per heavy atom. The van der Waals surface area contributed by atoms with Gasteiger partial charge in [-0.15, -0.1) is 10.2 Å². The van der Waals surface area contributed by atoms with Gasteiger partial charge in [0.1, 0.15) is 0 Å². The minimum atomic E-state index is 0.496. The molecule has 0 aliphatic carbocycles. The summed E-state index contributed by atoms with van der Waals surface area (Å²) in [6.45, 7) is 2.61. The molecule has 0 aromatic carbocycles. The van der Waals surface area contributed by atoms with Crippen LogP contribution in [0.1, 0.15) is 18.3 Å². The van der Waals surface area contributed by atoms with Crippen LogP contribution in [0.25, 0.3) is 0 Å². The van der Waals surface area contributed by atoms with Crippen LogP contribution in [0.15, 0.2) is 5.38 Å². The zero-order valence-corrected chi connectivity index (χ0v) is 8.53. The van der Waals surface area contributed by atoms with Crippen molar-refractivity contribution in [3.63, 3.8) is 0 Å². The lowest BCUT2D eigenvalue weighted by molar-refractivity contribution is 0.611. The van der Waals surface area contributed by atoms with Crippen molar-refractivity contribution >= 4 is 17.4 Å². The summed E-state index contributed by atoms with van der Waals surface area (Å²) in [6, 6.07) is 0. The predicted octanol–water partition coefficient (Wildman–Crippen LogP) is 0.322. The van der Waals surface area contributed by atoms with E-state index in [1.54, 1.807) is 4.68 Å². The molecule has 14 heavy (non-hydrogen) atoms. The van der Waals surface area contributed by atoms with Crippen LogP contribution in [0.3, 0.4) is 0 Å². The predicted molar refractivity (Wildman–Crippen MR) is 52.8 cm³/mol. The molecule has 2 aromatic rings. The Morgan fingerprint density at radius 1 is 1.50 bits per heavy atom. The van der Waals surface area contributed by atoms with Crippen LogP contribution >= 0.6 is 11.5 Å². The molecule has 7 heteroatoms. The van der Waals surface area contributed by atoms with Crippen molar-refractivity contribution in [3.05, 3.63) is 16.8 Å². The Hall–Kier alpha value is -1.50. The molecule has 2 N–H and O–H groups in total. The first kappa shape index (κ1) is 9.07. The van der Waals surface area contributed by atoms with E-state index in [2.05, 4.69) is 19.9 Å². The molecule has 2 aromatic heterocycles. The lowest BCUT2D eigenvalue weighted by Crippen LogP contribution is -2.07. The molecule has 0 amide bonds. The molecule has 2 heterocycles. The van der Waals surface area contributed by atoms with E-state index in [0.717, 1.165) is 17.8 Å². The van der Waals surface area contributed by atoms with Crippen molar-refractivity contribution in [2.45, 2.75) is 19.9 Å². The van der Waals surface area contributed by atoms with Gasteiger partial charge >= 0.3 is 0 Å². The molecule has 0 bridgehead atoms. The molecule has 2 rings (SSSR count). The summed E-state index contributed by atoms with van der Waals surface area (Å²) < 4.78 is 5.54. The molecule has 0 spiro atoms. The summed E-state index contributed by atoms with van der Waals surface area (Å²) in [5.41, 5.74) is 7.48. The zero-order valence-electron chi connectivity index (χ0n) is 7.71. The fourth-order valence-electron chi connectivity index (χ4n) is 1.24. The van der Waals surface area contributed by atoms with E-state index in [9.17, 15) is 0 Å². The van der Waals surface area contributed by atoms with Crippen molar-refractivity contribution in [2.75, 3.05) is 5.73 Å². The smallest absolute Gasteiger partial charge is 0.169 e. The van der Waals surface area contributed by atoms with Crippen molar-refractivity contribution in [2.24, 2.45) is 0 Å². The fourth-order valence-corrected chi connectivity index (χ4v) is 1.69. The van der Waals surface area contributed by atoms with Gasteiger partial charge in [-0.05, 0) is 18.0 Å². The molecule has 0 fully saturated rings. The average molecular weight is 210 g/mol. The van der Waals surface area contributed by atoms with Crippen LogP contribution in [0.5, 0.6) is 0 Å². The maximum absolute atomic E-state index is 5.65. The Labute approximate surface area is 84.9 Å². The van der Waals surface area contributed by atoms with Gasteiger partial charge in [-0.3, -0.25) is 0 Å². The van der Waals surface area contributed by atoms with Gasteiger partial charge < -0.3 is 5.73 Å². The van der Waals surface area contributed by atoms with E-state index >= 15 is 0 Å². The van der Waals surface area contributed by atoms with Gasteiger partial charge in [-0.1, -0.05) is 16.6 Å². The Balaban J connectivity index is 2.25. The highest BCUT2D eigenvalue weighted by molar-refractivity contribution is 7.03. The maximum atomic E-state index is 5.65. The van der Waals surface area contributed by atoms with E-state index in [4.69, 9.17) is 5.73 Å². The van der Waals surface area contributed by atoms with Crippen LogP contribution < -0.4 is 5.73 Å². The SMILES string of the molecule is CCc1c(N)nnn1Cc1csnn1. The van der Waals surface area contributed by atoms with E-state index in [1.165, 1.54) is 11.5 Å². The lowest BCUT2D eigenvalue weighted by Gasteiger charge is -2.01. The van der Waals surface area contributed by atoms with Crippen LogP contribution in [-0.4, -0.2) is 24.6 Å². The second-order valence-electron chi connectivity index (χ2n) is 2.83. The number of hydrogen-bond acceptors (Lipinski definition) is 6. The first-order chi connectivity index (χ1) is 6.81. The third-order valence-electron chi connectivity index (χ3n) is 1.92. The number of nitrogens with two attached hydrogens (primary N) is 1. The lowest BCUT2D eigenvalue weighted by atomic mass is 10.3. The summed E-state index contributed by atoms with van der Waals surface area (Å²) in [4.78, 5) is 0. The molecule has 0 aliphatic rings. The molecular formula is C7H10N6S. The van der Waals surface area contributed by atoms with Crippen LogP contribution in [0.4, 0.5) is 5.82 Å². The molecule has 0 radical (unpaired) electrons. The number of nitrogens with zero attached hydrogens (tertiary/aromatic N) is 5. The Morgan fingerprint density at radius 3 is 3.00 bits per heavy atom. The molecule has 0 aliphatic heterocycles. The summed E-state index contributed by atoms with van der Waals surface area (Å²) in [5, 5.41) is 13.6. The minimum Gasteiger partial charge on any atom is -0.381 e. The number of aromatic nitrogens is 5. The molecule has 74 valence electrons. The van der Waals surface area contributed by atoms with Crippen LogP contribution in [0.2, 0.25) is 0 Å². The topological polar surface area (TPSA) is 82.5 Å². The van der Waals surface area contributed by atoms with E-state index in [1.807, 2.05) is 12.3 Å². The fraction of sp³-hybridized carbons (Fsp3) is 0.429. The third-order valence-corrected chi connectivity index (χ3v) is 2.47. The number of anilines is 1. The summed E-state index contributed by atoms with van der Waals surface area (Å²) >= 11 is 1.33. The van der Waals surface area contributed by atoms with Crippen molar-refractivity contribution < 1.29 is 0 Å². The van der Waals surface area contributed by atoms with Gasteiger partial charge in [0.25, 0.3) is 0 Å². The van der Waals surface area contributed by atoms with E-state index in [-0.39, 0.29) is 0 Å². The second kappa shape index (κ2) is 3.70. The normalized spacial score (nSPS) is 10.6. The summed E-state index contributed by atoms with van der Waals surface area (Å²) in [7, 11) is 0. The van der Waals surface area contributed by atoms with Crippen molar-refractivity contribution in [1.29, 1.82) is 0 Å². The number of nitrogen functional groups attached to an aromatic ring is 1. The van der Waals surface area contributed by atoms with Crippen LogP contribution in [-0.2, 0) is 13.0 Å². The number of hydrogen-bond donors (Lipinski definition) is 1. The molecule has 0 unspecified atom stereocenters. The van der Waals surface area contributed by atoms with Gasteiger partial charge in [0.15, 0.2) is 5.82 Å². The Bertz CT molecular complexity index is 406. The zero-order chi connectivity index (χ0) is 9.97. The minimum absolute atomic E-state index is 0.496. The number of rotatable bonds is 3. The highest BCUT2D eigenvalue weighted by Crippen LogP contribution is 2.09. The molecular weight excluding hydrogens is 200 g/mol. The second-order valence-corrected chi connectivity index (χ2v) is 3.44. The average Bonchev–Trinajstić information content (AvgIpc) is 2.77. The van der Waals surface area contributed by atoms with Gasteiger partial charge in [-0.25, -0.2) is 4.68 Å². The van der Waals surface area contributed by atoms with Crippen LogP contribution in [0, 0.1) is 0 Å². The van der Waals surface area contributed by atoms with E-state index in [0.29, 0.717) is 12.4 Å². The monoisotopic (exact) mass is 210 g/mol. The Kier molecular flexibility index (Phi) is 2.40. The van der Waals surface area contributed by atoms with Gasteiger partial charge in [0, 0.05) is 5.38 Å². The van der Waals surface area contributed by atoms with Gasteiger partial charge in [0.2, 0.25) is 0 Å². The van der Waals surface area contributed by atoms with Crippen molar-refractivity contribution in [3.8, 4) is 0 Å². The largest absolute Gasteiger partial charge is 0.381 e. The first-order valence-corrected chi connectivity index (χ1v) is 5.08. The van der Waals surface area contributed by atoms with Crippen molar-refractivity contribution in [1.82, 2.24) is 24.6 Å².